The van der Waals surface area contributed by atoms with E-state index in [2.05, 4.69) is 10.6 Å². The number of hydrogen-bond donors (Lipinski definition) is 3. The van der Waals surface area contributed by atoms with Gasteiger partial charge in [-0.05, 0) is 55.1 Å². The van der Waals surface area contributed by atoms with Gasteiger partial charge in [0.1, 0.15) is 6.04 Å². The van der Waals surface area contributed by atoms with E-state index in [1.54, 1.807) is 12.1 Å². The Bertz CT molecular complexity index is 1050. The first-order valence-corrected chi connectivity index (χ1v) is 10.3. The first kappa shape index (κ1) is 20.7. The van der Waals surface area contributed by atoms with Crippen LogP contribution in [0.1, 0.15) is 51.1 Å². The van der Waals surface area contributed by atoms with E-state index in [1.807, 2.05) is 30.3 Å². The highest BCUT2D eigenvalue weighted by Crippen LogP contribution is 2.29. The summed E-state index contributed by atoms with van der Waals surface area (Å²) in [6.45, 7) is 1.18. The number of benzene rings is 2. The van der Waals surface area contributed by atoms with Crippen molar-refractivity contribution in [3.8, 4) is 0 Å². The largest absolute Gasteiger partial charge is 0.399 e. The lowest BCUT2D eigenvalue weighted by Gasteiger charge is -2.27. The summed E-state index contributed by atoms with van der Waals surface area (Å²) in [6.07, 6.45) is 2.07. The number of amides is 4. The fourth-order valence-electron chi connectivity index (χ4n) is 4.06. The van der Waals surface area contributed by atoms with Gasteiger partial charge < -0.3 is 11.1 Å². The van der Waals surface area contributed by atoms with E-state index in [4.69, 9.17) is 5.73 Å². The first-order chi connectivity index (χ1) is 15.0. The average molecular weight is 420 g/mol. The van der Waals surface area contributed by atoms with Crippen LogP contribution in [0.4, 0.5) is 5.69 Å². The number of nitrogens with zero attached hydrogens (tertiary/aromatic N) is 1. The molecular weight excluding hydrogens is 396 g/mol. The fraction of sp³-hybridized carbons (Fsp3) is 0.304. The second kappa shape index (κ2) is 8.69. The molecule has 1 atom stereocenters. The molecule has 4 amide bonds. The van der Waals surface area contributed by atoms with E-state index < -0.39 is 23.8 Å². The highest BCUT2D eigenvalue weighted by Gasteiger charge is 2.45. The molecule has 4 N–H and O–H groups in total. The highest BCUT2D eigenvalue weighted by atomic mass is 16.2. The van der Waals surface area contributed by atoms with Gasteiger partial charge in [-0.1, -0.05) is 24.3 Å². The first-order valence-electron chi connectivity index (χ1n) is 10.3. The molecule has 31 heavy (non-hydrogen) atoms. The zero-order valence-electron chi connectivity index (χ0n) is 17.0. The SMILES string of the molecule is Nc1ccc(CCCNCc2cccc3c2C(=O)N(C2CCC(=O)NC2=O)C3=O)cc1. The number of nitrogen functional groups attached to an aromatic ring is 1. The number of nitrogens with one attached hydrogen (secondary N) is 2. The number of piperidine rings is 1. The van der Waals surface area contributed by atoms with Crippen molar-refractivity contribution in [1.82, 2.24) is 15.5 Å². The molecule has 4 rings (SSSR count). The lowest BCUT2D eigenvalue weighted by molar-refractivity contribution is -0.136. The molecule has 2 aliphatic heterocycles. The van der Waals surface area contributed by atoms with Gasteiger partial charge in [0.15, 0.2) is 0 Å². The quantitative estimate of drug-likeness (QED) is 0.354. The van der Waals surface area contributed by atoms with Crippen LogP contribution >= 0.6 is 0 Å². The predicted octanol–water partition coefficient (Wildman–Crippen LogP) is 1.39. The van der Waals surface area contributed by atoms with Gasteiger partial charge in [-0.2, -0.15) is 0 Å². The Balaban J connectivity index is 1.39. The molecule has 1 saturated heterocycles. The Kier molecular flexibility index (Phi) is 5.81. The minimum atomic E-state index is -0.953. The molecule has 2 aliphatic rings. The number of imide groups is 2. The lowest BCUT2D eigenvalue weighted by Crippen LogP contribution is -2.54. The van der Waals surface area contributed by atoms with Crippen LogP contribution in [0.25, 0.3) is 0 Å². The zero-order chi connectivity index (χ0) is 22.0. The maximum absolute atomic E-state index is 13.1. The maximum atomic E-state index is 13.1. The van der Waals surface area contributed by atoms with Crippen molar-refractivity contribution in [3.63, 3.8) is 0 Å². The van der Waals surface area contributed by atoms with Crippen molar-refractivity contribution < 1.29 is 19.2 Å². The van der Waals surface area contributed by atoms with Gasteiger partial charge in [-0.15, -0.1) is 0 Å². The number of hydrogen-bond acceptors (Lipinski definition) is 6. The summed E-state index contributed by atoms with van der Waals surface area (Å²) in [5.74, 6) is -1.96. The van der Waals surface area contributed by atoms with E-state index in [0.29, 0.717) is 17.7 Å². The van der Waals surface area contributed by atoms with Gasteiger partial charge in [0.05, 0.1) is 11.1 Å². The molecule has 160 valence electrons. The zero-order valence-corrected chi connectivity index (χ0v) is 17.0. The van der Waals surface area contributed by atoms with E-state index >= 15 is 0 Å². The third-order valence-electron chi connectivity index (χ3n) is 5.67. The normalized spacial score (nSPS) is 18.3. The summed E-state index contributed by atoms with van der Waals surface area (Å²) in [5.41, 5.74) is 9.01. The van der Waals surface area contributed by atoms with E-state index in [9.17, 15) is 19.2 Å². The van der Waals surface area contributed by atoms with Crippen molar-refractivity contribution in [2.45, 2.75) is 38.3 Å². The monoisotopic (exact) mass is 420 g/mol. The molecule has 0 aliphatic carbocycles. The minimum Gasteiger partial charge on any atom is -0.399 e. The van der Waals surface area contributed by atoms with Gasteiger partial charge in [-0.25, -0.2) is 0 Å². The molecular formula is C23H24N4O4. The third kappa shape index (κ3) is 4.20. The van der Waals surface area contributed by atoms with Gasteiger partial charge in [-0.3, -0.25) is 29.4 Å². The van der Waals surface area contributed by atoms with Crippen LogP contribution < -0.4 is 16.4 Å². The Morgan fingerprint density at radius 2 is 1.81 bits per heavy atom. The predicted molar refractivity (Wildman–Crippen MR) is 114 cm³/mol. The minimum absolute atomic E-state index is 0.103. The summed E-state index contributed by atoms with van der Waals surface area (Å²) in [4.78, 5) is 50.5. The third-order valence-corrected chi connectivity index (χ3v) is 5.67. The molecule has 2 heterocycles. The number of carbonyl (C=O) groups excluding carboxylic acids is 4. The Labute approximate surface area is 179 Å². The standard InChI is InChI=1S/C23H24N4O4/c24-16-8-6-14(7-9-16)3-2-12-25-13-15-4-1-5-17-20(15)23(31)27(22(17)30)18-10-11-19(28)26-21(18)29/h1,4-9,18,25H,2-3,10-13,24H2,(H,26,28,29). The van der Waals surface area contributed by atoms with Crippen molar-refractivity contribution in [2.75, 3.05) is 12.3 Å². The second-order valence-corrected chi connectivity index (χ2v) is 7.81. The van der Waals surface area contributed by atoms with Crippen LogP contribution in [-0.4, -0.2) is 41.1 Å². The molecule has 0 aromatic heterocycles. The van der Waals surface area contributed by atoms with Crippen molar-refractivity contribution >= 4 is 29.3 Å². The summed E-state index contributed by atoms with van der Waals surface area (Å²) in [6, 6.07) is 12.0. The molecule has 0 saturated carbocycles. The summed E-state index contributed by atoms with van der Waals surface area (Å²) < 4.78 is 0. The Hall–Kier alpha value is -3.52. The topological polar surface area (TPSA) is 122 Å². The number of rotatable bonds is 7. The molecule has 0 bridgehead atoms. The van der Waals surface area contributed by atoms with Crippen LogP contribution in [0.2, 0.25) is 0 Å². The molecule has 2 aromatic rings. The fourth-order valence-corrected chi connectivity index (χ4v) is 4.06. The van der Waals surface area contributed by atoms with E-state index in [-0.39, 0.29) is 18.7 Å². The van der Waals surface area contributed by atoms with E-state index in [1.165, 1.54) is 5.56 Å². The molecule has 0 spiro atoms. The van der Waals surface area contributed by atoms with Crippen LogP contribution in [0.3, 0.4) is 0 Å². The van der Waals surface area contributed by atoms with E-state index in [0.717, 1.165) is 35.5 Å². The molecule has 0 radical (unpaired) electrons. The van der Waals surface area contributed by atoms with Gasteiger partial charge in [0, 0.05) is 18.7 Å². The second-order valence-electron chi connectivity index (χ2n) is 7.81. The van der Waals surface area contributed by atoms with Gasteiger partial charge in [0.25, 0.3) is 11.8 Å². The summed E-state index contributed by atoms with van der Waals surface area (Å²) in [5, 5.41) is 5.54. The van der Waals surface area contributed by atoms with Crippen molar-refractivity contribution in [1.29, 1.82) is 0 Å². The maximum Gasteiger partial charge on any atom is 0.262 e. The van der Waals surface area contributed by atoms with Crippen LogP contribution in [0.15, 0.2) is 42.5 Å². The lowest BCUT2D eigenvalue weighted by atomic mass is 10.0. The number of carbonyl (C=O) groups is 4. The molecule has 2 aromatic carbocycles. The molecule has 8 nitrogen and oxygen atoms in total. The van der Waals surface area contributed by atoms with Gasteiger partial charge >= 0.3 is 0 Å². The highest BCUT2D eigenvalue weighted by molar-refractivity contribution is 6.24. The summed E-state index contributed by atoms with van der Waals surface area (Å²) in [7, 11) is 0. The average Bonchev–Trinajstić information content (AvgIpc) is 3.00. The number of aryl methyl sites for hydroxylation is 1. The smallest absolute Gasteiger partial charge is 0.262 e. The van der Waals surface area contributed by atoms with Crippen molar-refractivity contribution in [2.24, 2.45) is 0 Å². The number of anilines is 1. The molecule has 1 fully saturated rings. The molecule has 8 heteroatoms. The Morgan fingerprint density at radius 3 is 2.55 bits per heavy atom. The number of nitrogens with two attached hydrogens (primary N) is 1. The van der Waals surface area contributed by atoms with Gasteiger partial charge in [0.2, 0.25) is 11.8 Å². The van der Waals surface area contributed by atoms with Crippen LogP contribution in [0, 0.1) is 0 Å². The summed E-state index contributed by atoms with van der Waals surface area (Å²) >= 11 is 0. The number of fused-ring (bicyclic) bond motifs is 1. The van der Waals surface area contributed by atoms with Crippen LogP contribution in [0.5, 0.6) is 0 Å². The molecule has 1 unspecified atom stereocenters. The Morgan fingerprint density at radius 1 is 1.03 bits per heavy atom. The van der Waals surface area contributed by atoms with Crippen molar-refractivity contribution in [3.05, 3.63) is 64.7 Å². The van der Waals surface area contributed by atoms with Crippen LogP contribution in [-0.2, 0) is 22.6 Å².